The highest BCUT2D eigenvalue weighted by molar-refractivity contribution is 7.17. The molecule has 2 atom stereocenters. The third-order valence-electron chi connectivity index (χ3n) is 6.78. The topological polar surface area (TPSA) is 85.2 Å². The fourth-order valence-electron chi connectivity index (χ4n) is 4.94. The molecule has 0 radical (unpaired) electrons. The maximum absolute atomic E-state index is 14.0. The summed E-state index contributed by atoms with van der Waals surface area (Å²) in [5, 5.41) is 10.2. The molecule has 0 saturated carbocycles. The van der Waals surface area contributed by atoms with E-state index in [0.717, 1.165) is 45.5 Å². The number of alkyl halides is 3. The van der Waals surface area contributed by atoms with E-state index in [1.54, 1.807) is 19.1 Å². The van der Waals surface area contributed by atoms with Gasteiger partial charge >= 0.3 is 12.1 Å². The minimum absolute atomic E-state index is 0.111. The van der Waals surface area contributed by atoms with Gasteiger partial charge in [-0.3, -0.25) is 4.79 Å². The zero-order valence-electron chi connectivity index (χ0n) is 20.4. The van der Waals surface area contributed by atoms with Crippen LogP contribution in [-0.4, -0.2) is 34.4 Å². The number of benzene rings is 1. The van der Waals surface area contributed by atoms with Crippen molar-refractivity contribution < 1.29 is 27.5 Å². The average Bonchev–Trinajstić information content (AvgIpc) is 3.44. The summed E-state index contributed by atoms with van der Waals surface area (Å²) >= 11 is 1.31. The van der Waals surface area contributed by atoms with Crippen molar-refractivity contribution in [1.29, 1.82) is 0 Å². The van der Waals surface area contributed by atoms with Gasteiger partial charge in [-0.05, 0) is 50.7 Å². The molecule has 0 unspecified atom stereocenters. The monoisotopic (exact) mass is 532 g/mol. The van der Waals surface area contributed by atoms with Gasteiger partial charge < -0.3 is 15.4 Å². The van der Waals surface area contributed by atoms with Crippen LogP contribution in [0.2, 0.25) is 0 Å². The number of hydrogen-bond acceptors (Lipinski definition) is 6. The molecule has 1 aromatic carbocycles. The lowest BCUT2D eigenvalue weighted by atomic mass is 9.95. The molecule has 1 aliphatic heterocycles. The number of fused-ring (bicyclic) bond motifs is 2. The maximum Gasteiger partial charge on any atom is 0.410 e. The van der Waals surface area contributed by atoms with Crippen LogP contribution in [0.15, 0.2) is 30.3 Å². The van der Waals surface area contributed by atoms with Crippen molar-refractivity contribution in [3.8, 4) is 0 Å². The van der Waals surface area contributed by atoms with Crippen molar-refractivity contribution >= 4 is 34.0 Å². The lowest BCUT2D eigenvalue weighted by Gasteiger charge is -2.33. The number of nitrogens with one attached hydrogen (secondary N) is 2. The molecule has 7 nitrogen and oxygen atoms in total. The van der Waals surface area contributed by atoms with E-state index in [2.05, 4.69) is 15.7 Å². The molecule has 1 aliphatic carbocycles. The van der Waals surface area contributed by atoms with E-state index in [1.165, 1.54) is 17.4 Å². The first-order valence-electron chi connectivity index (χ1n) is 12.3. The number of carbonyl (C=O) groups is 2. The molecule has 0 fully saturated rings. The number of ether oxygens (including phenoxy) is 1. The third-order valence-corrected chi connectivity index (χ3v) is 7.99. The van der Waals surface area contributed by atoms with Crippen LogP contribution in [0, 0.1) is 6.92 Å². The molecule has 0 bridgehead atoms. The Kier molecular flexibility index (Phi) is 6.74. The Hall–Kier alpha value is -3.34. The van der Waals surface area contributed by atoms with Crippen molar-refractivity contribution in [2.75, 3.05) is 17.2 Å². The molecule has 0 saturated heterocycles. The normalized spacial score (nSPS) is 18.9. The van der Waals surface area contributed by atoms with E-state index in [0.29, 0.717) is 17.0 Å². The van der Waals surface area contributed by atoms with Gasteiger partial charge in [-0.25, -0.2) is 9.48 Å². The van der Waals surface area contributed by atoms with Crippen LogP contribution in [0.1, 0.15) is 80.7 Å². The van der Waals surface area contributed by atoms with Crippen molar-refractivity contribution in [2.24, 2.45) is 0 Å². The summed E-state index contributed by atoms with van der Waals surface area (Å²) in [4.78, 5) is 26.9. The number of amides is 1. The Morgan fingerprint density at radius 2 is 1.95 bits per heavy atom. The molecule has 2 aromatic heterocycles. The Balaban J connectivity index is 1.45. The minimum Gasteiger partial charge on any atom is -0.462 e. The van der Waals surface area contributed by atoms with Crippen LogP contribution < -0.4 is 10.6 Å². The molecule has 3 aromatic rings. The van der Waals surface area contributed by atoms with Gasteiger partial charge in [-0.1, -0.05) is 29.8 Å². The van der Waals surface area contributed by atoms with E-state index in [1.807, 2.05) is 19.1 Å². The highest BCUT2D eigenvalue weighted by Gasteiger charge is 2.47. The Labute approximate surface area is 216 Å². The van der Waals surface area contributed by atoms with Gasteiger partial charge in [0.2, 0.25) is 0 Å². The summed E-state index contributed by atoms with van der Waals surface area (Å²) in [6, 6.07) is 6.16. The Morgan fingerprint density at radius 1 is 1.22 bits per heavy atom. The smallest absolute Gasteiger partial charge is 0.410 e. The molecule has 5 rings (SSSR count). The molecule has 0 spiro atoms. The number of hydrogen-bond donors (Lipinski definition) is 2. The lowest BCUT2D eigenvalue weighted by molar-refractivity contribution is -0.173. The van der Waals surface area contributed by atoms with Crippen LogP contribution in [0.5, 0.6) is 0 Å². The number of anilines is 2. The minimum atomic E-state index is -4.55. The van der Waals surface area contributed by atoms with Gasteiger partial charge in [0.15, 0.2) is 11.7 Å². The summed E-state index contributed by atoms with van der Waals surface area (Å²) in [6.07, 6.45) is -1.37. The first-order valence-corrected chi connectivity index (χ1v) is 13.1. The molecule has 2 N–H and O–H groups in total. The summed E-state index contributed by atoms with van der Waals surface area (Å²) in [5.74, 6) is -1.08. The fraction of sp³-hybridized carbons (Fsp3) is 0.423. The molecule has 11 heteroatoms. The van der Waals surface area contributed by atoms with Crippen LogP contribution in [0.3, 0.4) is 0 Å². The number of aryl methyl sites for hydroxylation is 2. The predicted octanol–water partition coefficient (Wildman–Crippen LogP) is 6.22. The van der Waals surface area contributed by atoms with E-state index in [9.17, 15) is 22.8 Å². The summed E-state index contributed by atoms with van der Waals surface area (Å²) in [5.41, 5.74) is 2.79. The number of halogens is 3. The van der Waals surface area contributed by atoms with Gasteiger partial charge in [-0.2, -0.15) is 18.3 Å². The summed E-state index contributed by atoms with van der Waals surface area (Å²) < 4.78 is 48.2. The van der Waals surface area contributed by atoms with Crippen molar-refractivity contribution in [2.45, 2.75) is 64.2 Å². The highest BCUT2D eigenvalue weighted by atomic mass is 32.1. The van der Waals surface area contributed by atoms with Crippen LogP contribution in [0.25, 0.3) is 0 Å². The van der Waals surface area contributed by atoms with E-state index in [-0.39, 0.29) is 24.5 Å². The Bertz CT molecular complexity index is 1330. The van der Waals surface area contributed by atoms with Gasteiger partial charge in [0.25, 0.3) is 5.91 Å². The highest BCUT2D eigenvalue weighted by Crippen LogP contribution is 2.44. The summed E-state index contributed by atoms with van der Waals surface area (Å²) in [6.45, 7) is 3.81. The second-order valence-corrected chi connectivity index (χ2v) is 10.5. The van der Waals surface area contributed by atoms with Crippen LogP contribution in [0.4, 0.5) is 24.0 Å². The first-order chi connectivity index (χ1) is 17.7. The van der Waals surface area contributed by atoms with Gasteiger partial charge in [0, 0.05) is 17.4 Å². The van der Waals surface area contributed by atoms with Gasteiger partial charge in [0.1, 0.15) is 10.8 Å². The SMILES string of the molecule is CCOC(=O)c1c(NC(=O)c2cc3n(n2)[C@H](C(F)(F)F)C[C@H](c2ccc(C)cc2)N3)sc2c1CCCC2. The average molecular weight is 533 g/mol. The molecule has 196 valence electrons. The number of esters is 1. The molecular weight excluding hydrogens is 505 g/mol. The summed E-state index contributed by atoms with van der Waals surface area (Å²) in [7, 11) is 0. The Morgan fingerprint density at radius 3 is 2.65 bits per heavy atom. The van der Waals surface area contributed by atoms with Crippen molar-refractivity contribution in [3.05, 3.63) is 63.2 Å². The number of nitrogens with zero attached hydrogens (tertiary/aromatic N) is 2. The second-order valence-electron chi connectivity index (χ2n) is 9.35. The number of rotatable bonds is 5. The molecule has 1 amide bonds. The molecular formula is C26H27F3N4O3S. The van der Waals surface area contributed by atoms with E-state index < -0.39 is 30.1 Å². The van der Waals surface area contributed by atoms with E-state index >= 15 is 0 Å². The number of thiophene rings is 1. The van der Waals surface area contributed by atoms with Crippen LogP contribution >= 0.6 is 11.3 Å². The van der Waals surface area contributed by atoms with Gasteiger partial charge in [-0.15, -0.1) is 11.3 Å². The first kappa shape index (κ1) is 25.3. The number of aromatic nitrogens is 2. The standard InChI is InChI=1S/C26H27F3N4O3S/c1-3-36-25(35)22-16-6-4-5-7-19(16)37-24(22)31-23(34)18-13-21-30-17(15-10-8-14(2)9-11-15)12-20(26(27,28)29)33(21)32-18/h8-11,13,17,20,30H,3-7,12H2,1-2H3,(H,31,34)/t17-,20+/m1/s1. The lowest BCUT2D eigenvalue weighted by Crippen LogP contribution is -2.35. The van der Waals surface area contributed by atoms with Crippen molar-refractivity contribution in [1.82, 2.24) is 9.78 Å². The van der Waals surface area contributed by atoms with Gasteiger partial charge in [0.05, 0.1) is 18.2 Å². The number of carbonyl (C=O) groups excluding carboxylic acids is 2. The third kappa shape index (κ3) is 4.96. The molecule has 3 heterocycles. The largest absolute Gasteiger partial charge is 0.462 e. The quantitative estimate of drug-likeness (QED) is 0.381. The fourth-order valence-corrected chi connectivity index (χ4v) is 6.21. The second kappa shape index (κ2) is 9.85. The molecule has 2 aliphatic rings. The van der Waals surface area contributed by atoms with Crippen molar-refractivity contribution in [3.63, 3.8) is 0 Å². The van der Waals surface area contributed by atoms with Crippen LogP contribution in [-0.2, 0) is 17.6 Å². The molecule has 37 heavy (non-hydrogen) atoms. The maximum atomic E-state index is 14.0. The zero-order valence-corrected chi connectivity index (χ0v) is 21.3. The predicted molar refractivity (Wildman–Crippen MR) is 134 cm³/mol. The van der Waals surface area contributed by atoms with E-state index in [4.69, 9.17) is 4.74 Å². The zero-order chi connectivity index (χ0) is 26.3.